The smallest absolute Gasteiger partial charge is 0.338 e. The van der Waals surface area contributed by atoms with Crippen LogP contribution in [-0.4, -0.2) is 28.0 Å². The van der Waals surface area contributed by atoms with Crippen molar-refractivity contribution in [2.45, 2.75) is 44.0 Å². The van der Waals surface area contributed by atoms with Crippen LogP contribution in [0.1, 0.15) is 48.0 Å². The van der Waals surface area contributed by atoms with Gasteiger partial charge in [0, 0.05) is 11.4 Å². The number of aromatic amines is 1. The Kier molecular flexibility index (Phi) is 5.56. The number of H-pyrrole nitrogens is 1. The third kappa shape index (κ3) is 4.25. The summed E-state index contributed by atoms with van der Waals surface area (Å²) in [5.74, 6) is 0.0799. The molecule has 0 radical (unpaired) electrons. The lowest BCUT2D eigenvalue weighted by molar-refractivity contribution is 0.0602. The lowest BCUT2D eigenvalue weighted by atomic mass is 9.87. The van der Waals surface area contributed by atoms with E-state index in [2.05, 4.69) is 60.0 Å². The molecule has 3 rings (SSSR count). The third-order valence-corrected chi connectivity index (χ3v) is 5.33. The molecule has 0 unspecified atom stereocenters. The monoisotopic (exact) mass is 397 g/mol. The van der Waals surface area contributed by atoms with E-state index in [0.717, 1.165) is 5.56 Å². The summed E-state index contributed by atoms with van der Waals surface area (Å²) in [6, 6.07) is 9.96. The van der Waals surface area contributed by atoms with E-state index in [-0.39, 0.29) is 22.0 Å². The number of nitrogens with one attached hydrogen (secondary N) is 1. The number of aryl methyl sites for hydroxylation is 1. The molecular formula is C21H23N3O3S. The Balaban J connectivity index is 1.88. The van der Waals surface area contributed by atoms with E-state index >= 15 is 0 Å². The van der Waals surface area contributed by atoms with Gasteiger partial charge in [-0.05, 0) is 29.5 Å². The highest BCUT2D eigenvalue weighted by molar-refractivity contribution is 7.98. The van der Waals surface area contributed by atoms with Crippen molar-refractivity contribution in [3.63, 3.8) is 0 Å². The highest BCUT2D eigenvalue weighted by Crippen LogP contribution is 2.25. The Morgan fingerprint density at radius 2 is 1.86 bits per heavy atom. The second-order valence-electron chi connectivity index (χ2n) is 7.61. The van der Waals surface area contributed by atoms with Gasteiger partial charge in [0.25, 0.3) is 5.56 Å². The molecule has 2 aromatic heterocycles. The van der Waals surface area contributed by atoms with Crippen LogP contribution in [-0.2, 0) is 15.9 Å². The summed E-state index contributed by atoms with van der Waals surface area (Å²) < 4.78 is 4.77. The number of nitrogens with zero attached hydrogens (tertiary/aromatic N) is 2. The molecule has 2 heterocycles. The van der Waals surface area contributed by atoms with Gasteiger partial charge in [0.15, 0.2) is 10.8 Å². The molecule has 3 aromatic rings. The van der Waals surface area contributed by atoms with E-state index in [9.17, 15) is 9.59 Å². The number of hydrogen-bond acceptors (Lipinski definition) is 6. The molecule has 0 atom stereocenters. The summed E-state index contributed by atoms with van der Waals surface area (Å²) in [5, 5.41) is 0.614. The fourth-order valence-corrected chi connectivity index (χ4v) is 3.65. The SMILES string of the molecule is COC(=O)c1cc(C)nc2nc(SCc3ccc(C(C)(C)C)cc3)[nH]c(=O)c12. The lowest BCUT2D eigenvalue weighted by Crippen LogP contribution is -2.16. The Hall–Kier alpha value is -2.67. The van der Waals surface area contributed by atoms with Crippen LogP contribution in [0.4, 0.5) is 0 Å². The molecule has 0 amide bonds. The second kappa shape index (κ2) is 7.75. The van der Waals surface area contributed by atoms with Crippen LogP contribution in [0.5, 0.6) is 0 Å². The molecular weight excluding hydrogens is 374 g/mol. The Morgan fingerprint density at radius 3 is 2.46 bits per heavy atom. The van der Waals surface area contributed by atoms with Gasteiger partial charge in [-0.2, -0.15) is 0 Å². The number of benzene rings is 1. The van der Waals surface area contributed by atoms with E-state index in [1.54, 1.807) is 6.92 Å². The van der Waals surface area contributed by atoms with Crippen LogP contribution in [0.25, 0.3) is 11.0 Å². The molecule has 1 N–H and O–H groups in total. The van der Waals surface area contributed by atoms with Gasteiger partial charge in [-0.3, -0.25) is 4.79 Å². The summed E-state index contributed by atoms with van der Waals surface area (Å²) in [4.78, 5) is 36.0. The minimum Gasteiger partial charge on any atom is -0.465 e. The molecule has 0 spiro atoms. The third-order valence-electron chi connectivity index (χ3n) is 4.38. The summed E-state index contributed by atoms with van der Waals surface area (Å²) in [5.41, 5.74) is 3.13. The van der Waals surface area contributed by atoms with Crippen molar-refractivity contribution in [1.29, 1.82) is 0 Å². The molecule has 0 saturated heterocycles. The predicted molar refractivity (Wildman–Crippen MR) is 111 cm³/mol. The molecule has 0 aliphatic heterocycles. The molecule has 0 aliphatic carbocycles. The van der Waals surface area contributed by atoms with Gasteiger partial charge in [0.1, 0.15) is 0 Å². The number of hydrogen-bond donors (Lipinski definition) is 1. The molecule has 146 valence electrons. The highest BCUT2D eigenvalue weighted by Gasteiger charge is 2.18. The average molecular weight is 398 g/mol. The molecule has 7 heteroatoms. The van der Waals surface area contributed by atoms with Crippen LogP contribution in [0.2, 0.25) is 0 Å². The Bertz CT molecular complexity index is 1080. The van der Waals surface area contributed by atoms with Gasteiger partial charge in [0.05, 0.1) is 18.1 Å². The quantitative estimate of drug-likeness (QED) is 0.407. The van der Waals surface area contributed by atoms with Gasteiger partial charge >= 0.3 is 5.97 Å². The first-order valence-corrected chi connectivity index (χ1v) is 9.90. The first kappa shape index (κ1) is 20.1. The molecule has 28 heavy (non-hydrogen) atoms. The van der Waals surface area contributed by atoms with Gasteiger partial charge in [-0.25, -0.2) is 14.8 Å². The number of rotatable bonds is 4. The van der Waals surface area contributed by atoms with E-state index in [1.165, 1.54) is 30.5 Å². The number of fused-ring (bicyclic) bond motifs is 1. The number of thioether (sulfide) groups is 1. The summed E-state index contributed by atoms with van der Waals surface area (Å²) >= 11 is 1.42. The average Bonchev–Trinajstić information content (AvgIpc) is 2.64. The zero-order chi connectivity index (χ0) is 20.5. The maximum absolute atomic E-state index is 12.6. The van der Waals surface area contributed by atoms with E-state index in [1.807, 2.05) is 0 Å². The van der Waals surface area contributed by atoms with Gasteiger partial charge in [-0.15, -0.1) is 0 Å². The fourth-order valence-electron chi connectivity index (χ4n) is 2.84. The number of methoxy groups -OCH3 is 1. The van der Waals surface area contributed by atoms with Crippen molar-refractivity contribution in [3.8, 4) is 0 Å². The molecule has 1 aromatic carbocycles. The highest BCUT2D eigenvalue weighted by atomic mass is 32.2. The Morgan fingerprint density at radius 1 is 1.18 bits per heavy atom. The second-order valence-corrected chi connectivity index (χ2v) is 8.57. The zero-order valence-electron chi connectivity index (χ0n) is 16.6. The minimum absolute atomic E-state index is 0.109. The normalized spacial score (nSPS) is 11.6. The zero-order valence-corrected chi connectivity index (χ0v) is 17.4. The van der Waals surface area contributed by atoms with Crippen LogP contribution >= 0.6 is 11.8 Å². The van der Waals surface area contributed by atoms with Gasteiger partial charge in [0.2, 0.25) is 0 Å². The van der Waals surface area contributed by atoms with E-state index < -0.39 is 11.5 Å². The molecule has 0 aliphatic rings. The number of carbonyl (C=O) groups excluding carboxylic acids is 1. The van der Waals surface area contributed by atoms with Crippen molar-refractivity contribution in [3.05, 3.63) is 63.1 Å². The van der Waals surface area contributed by atoms with Crippen molar-refractivity contribution in [1.82, 2.24) is 15.0 Å². The fraction of sp³-hybridized carbons (Fsp3) is 0.333. The number of ether oxygens (including phenoxy) is 1. The first-order chi connectivity index (χ1) is 13.2. The van der Waals surface area contributed by atoms with E-state index in [4.69, 9.17) is 4.74 Å². The molecule has 6 nitrogen and oxygen atoms in total. The summed E-state index contributed by atoms with van der Waals surface area (Å²) in [6.45, 7) is 8.28. The van der Waals surface area contributed by atoms with Gasteiger partial charge in [-0.1, -0.05) is 56.8 Å². The minimum atomic E-state index is -0.581. The van der Waals surface area contributed by atoms with Crippen molar-refractivity contribution < 1.29 is 9.53 Å². The number of aromatic nitrogens is 3. The maximum atomic E-state index is 12.6. The van der Waals surface area contributed by atoms with Crippen LogP contribution in [0.3, 0.4) is 0 Å². The maximum Gasteiger partial charge on any atom is 0.338 e. The van der Waals surface area contributed by atoms with Crippen molar-refractivity contribution >= 4 is 28.8 Å². The molecule has 0 bridgehead atoms. The largest absolute Gasteiger partial charge is 0.465 e. The number of pyridine rings is 1. The van der Waals surface area contributed by atoms with Crippen LogP contribution in [0, 0.1) is 6.92 Å². The van der Waals surface area contributed by atoms with Crippen molar-refractivity contribution in [2.24, 2.45) is 0 Å². The topological polar surface area (TPSA) is 84.9 Å². The standard InChI is InChI=1S/C21H23N3O3S/c1-12-10-15(19(26)27-5)16-17(22-12)23-20(24-18(16)25)28-11-13-6-8-14(9-7-13)21(2,3)4/h6-10H,11H2,1-5H3,(H,22,23,24,25). The number of carbonyl (C=O) groups is 1. The van der Waals surface area contributed by atoms with Crippen LogP contribution in [0.15, 0.2) is 40.3 Å². The summed E-state index contributed by atoms with van der Waals surface area (Å²) in [7, 11) is 1.28. The number of esters is 1. The van der Waals surface area contributed by atoms with Gasteiger partial charge < -0.3 is 9.72 Å². The molecule has 0 fully saturated rings. The van der Waals surface area contributed by atoms with Crippen molar-refractivity contribution in [2.75, 3.05) is 7.11 Å². The first-order valence-electron chi connectivity index (χ1n) is 8.91. The lowest BCUT2D eigenvalue weighted by Gasteiger charge is -2.19. The van der Waals surface area contributed by atoms with Crippen LogP contribution < -0.4 is 5.56 Å². The van der Waals surface area contributed by atoms with E-state index in [0.29, 0.717) is 16.6 Å². The molecule has 0 saturated carbocycles. The summed E-state index contributed by atoms with van der Waals surface area (Å²) in [6.07, 6.45) is 0. The Labute approximate surface area is 167 Å². The predicted octanol–water partition coefficient (Wildman–Crippen LogP) is 4.00.